The van der Waals surface area contributed by atoms with Gasteiger partial charge in [-0.1, -0.05) is 48.5 Å². The second-order valence-corrected chi connectivity index (χ2v) is 10.6. The van der Waals surface area contributed by atoms with Crippen LogP contribution in [0, 0.1) is 0 Å². The highest BCUT2D eigenvalue weighted by molar-refractivity contribution is 6.03. The molecule has 38 heavy (non-hydrogen) atoms. The van der Waals surface area contributed by atoms with E-state index in [9.17, 15) is 0 Å². The van der Waals surface area contributed by atoms with E-state index < -0.39 is 0 Å². The molecular weight excluding hydrogens is 464 g/mol. The molecule has 4 aliphatic heterocycles. The predicted octanol–water partition coefficient (Wildman–Crippen LogP) is 8.04. The van der Waals surface area contributed by atoms with Crippen molar-refractivity contribution in [3.05, 3.63) is 144 Å². The Balaban J connectivity index is 1.36. The quantitative estimate of drug-likeness (QED) is 0.216. The fourth-order valence-electron chi connectivity index (χ4n) is 7.61. The summed E-state index contributed by atoms with van der Waals surface area (Å²) in [6.07, 6.45) is 4.42. The minimum atomic E-state index is 0.117. The minimum absolute atomic E-state index is 0.117. The lowest BCUT2D eigenvalue weighted by molar-refractivity contribution is 0.696. The van der Waals surface area contributed by atoms with Gasteiger partial charge < -0.3 is 18.9 Å². The lowest BCUT2D eigenvalue weighted by atomic mass is 9.76. The van der Waals surface area contributed by atoms with Crippen molar-refractivity contribution in [3.63, 3.8) is 0 Å². The van der Waals surface area contributed by atoms with Crippen LogP contribution in [0.5, 0.6) is 0 Å². The van der Waals surface area contributed by atoms with Gasteiger partial charge in [-0.3, -0.25) is 0 Å². The zero-order chi connectivity index (χ0) is 24.5. The Hall–Kier alpha value is -4.96. The summed E-state index contributed by atoms with van der Waals surface area (Å²) in [6, 6.07) is 40.7. The lowest BCUT2D eigenvalue weighted by Gasteiger charge is -2.50. The molecule has 2 unspecified atom stereocenters. The smallest absolute Gasteiger partial charge is 0.101 e. The lowest BCUT2D eigenvalue weighted by Crippen LogP contribution is -2.39. The Bertz CT molecular complexity index is 1840. The first-order valence-corrected chi connectivity index (χ1v) is 13.3. The number of aromatic nitrogens is 2. The van der Waals surface area contributed by atoms with E-state index in [-0.39, 0.29) is 12.1 Å². The largest absolute Gasteiger partial charge is 0.326 e. The number of nitrogens with zero attached hydrogens (tertiary/aromatic N) is 4. The molecule has 0 radical (unpaired) electrons. The van der Waals surface area contributed by atoms with Crippen molar-refractivity contribution >= 4 is 22.7 Å². The van der Waals surface area contributed by atoms with Crippen LogP contribution in [0.25, 0.3) is 22.5 Å². The molecule has 4 aromatic carbocycles. The van der Waals surface area contributed by atoms with Gasteiger partial charge in [0.15, 0.2) is 0 Å². The molecule has 0 N–H and O–H groups in total. The minimum Gasteiger partial charge on any atom is -0.326 e. The van der Waals surface area contributed by atoms with Crippen molar-refractivity contribution < 1.29 is 0 Å². The van der Waals surface area contributed by atoms with Crippen LogP contribution >= 0.6 is 0 Å². The van der Waals surface area contributed by atoms with Crippen LogP contribution in [0.4, 0.5) is 22.7 Å². The molecule has 0 bridgehead atoms. The van der Waals surface area contributed by atoms with E-state index in [1.165, 1.54) is 67.8 Å². The number of rotatable bonds is 0. The zero-order valence-electron chi connectivity index (χ0n) is 20.5. The number of fused-ring (bicyclic) bond motifs is 16. The van der Waals surface area contributed by atoms with Gasteiger partial charge in [0, 0.05) is 18.0 Å². The molecule has 6 aromatic rings. The summed E-state index contributed by atoms with van der Waals surface area (Å²) in [6.45, 7) is 0. The van der Waals surface area contributed by atoms with Gasteiger partial charge in [0.1, 0.15) is 12.1 Å². The number of benzene rings is 4. The average Bonchev–Trinajstić information content (AvgIpc) is 3.67. The highest BCUT2D eigenvalue weighted by Crippen LogP contribution is 2.63. The standard InChI is InChI=1S/C34H22N4/c1-3-13-25-23(11-1)35-19-7-17-29(35)33-21-9-5-10-22-31(21)32-27(37(25)33)15-6-16-28(32)38-26-14-4-2-12-24(26)36-20-8-18-30(36)34(22)38/h1-20,33-34H. The van der Waals surface area contributed by atoms with Gasteiger partial charge in [0.25, 0.3) is 0 Å². The topological polar surface area (TPSA) is 16.3 Å². The van der Waals surface area contributed by atoms with Gasteiger partial charge in [0.2, 0.25) is 0 Å². The van der Waals surface area contributed by atoms with Crippen molar-refractivity contribution in [3.8, 4) is 22.5 Å². The Morgan fingerprint density at radius 2 is 0.816 bits per heavy atom. The monoisotopic (exact) mass is 486 g/mol. The molecule has 0 saturated heterocycles. The average molecular weight is 487 g/mol. The van der Waals surface area contributed by atoms with Crippen LogP contribution in [-0.2, 0) is 0 Å². The molecule has 178 valence electrons. The first-order valence-electron chi connectivity index (χ1n) is 13.3. The van der Waals surface area contributed by atoms with Crippen LogP contribution in [-0.4, -0.2) is 9.13 Å². The van der Waals surface area contributed by atoms with E-state index in [2.05, 4.69) is 141 Å². The van der Waals surface area contributed by atoms with Gasteiger partial charge in [-0.05, 0) is 77.4 Å². The van der Waals surface area contributed by atoms with Crippen molar-refractivity contribution in [2.24, 2.45) is 0 Å². The summed E-state index contributed by atoms with van der Waals surface area (Å²) in [5.74, 6) is 0. The summed E-state index contributed by atoms with van der Waals surface area (Å²) in [5.41, 5.74) is 15.7. The van der Waals surface area contributed by atoms with Crippen molar-refractivity contribution in [1.29, 1.82) is 0 Å². The molecule has 4 aliphatic rings. The maximum absolute atomic E-state index is 2.58. The van der Waals surface area contributed by atoms with E-state index in [1.807, 2.05) is 0 Å². The number of hydrogen-bond acceptors (Lipinski definition) is 2. The summed E-state index contributed by atoms with van der Waals surface area (Å²) >= 11 is 0. The number of anilines is 4. The van der Waals surface area contributed by atoms with Crippen LogP contribution in [0.3, 0.4) is 0 Å². The predicted molar refractivity (Wildman–Crippen MR) is 151 cm³/mol. The third-order valence-corrected chi connectivity index (χ3v) is 8.95. The molecule has 2 aromatic heterocycles. The van der Waals surface area contributed by atoms with Gasteiger partial charge in [0.05, 0.1) is 45.5 Å². The molecule has 4 nitrogen and oxygen atoms in total. The fourth-order valence-corrected chi connectivity index (χ4v) is 7.61. The Morgan fingerprint density at radius 3 is 1.34 bits per heavy atom. The van der Waals surface area contributed by atoms with Crippen LogP contribution in [0.1, 0.15) is 34.6 Å². The van der Waals surface area contributed by atoms with E-state index in [0.717, 1.165) is 0 Å². The van der Waals surface area contributed by atoms with Crippen molar-refractivity contribution in [2.45, 2.75) is 12.1 Å². The Morgan fingerprint density at radius 1 is 0.368 bits per heavy atom. The highest BCUT2D eigenvalue weighted by atomic mass is 15.3. The number of hydrogen-bond donors (Lipinski definition) is 0. The molecule has 6 heterocycles. The van der Waals surface area contributed by atoms with E-state index in [1.54, 1.807) is 0 Å². The molecule has 2 atom stereocenters. The maximum Gasteiger partial charge on any atom is 0.101 e. The Kier molecular flexibility index (Phi) is 3.27. The van der Waals surface area contributed by atoms with Crippen LogP contribution in [0.15, 0.2) is 122 Å². The van der Waals surface area contributed by atoms with Gasteiger partial charge >= 0.3 is 0 Å². The van der Waals surface area contributed by atoms with Crippen LogP contribution < -0.4 is 9.80 Å². The second-order valence-electron chi connectivity index (χ2n) is 10.6. The second kappa shape index (κ2) is 6.48. The van der Waals surface area contributed by atoms with E-state index in [0.29, 0.717) is 0 Å². The zero-order valence-corrected chi connectivity index (χ0v) is 20.5. The molecule has 0 aliphatic carbocycles. The molecule has 10 rings (SSSR count). The molecule has 0 amide bonds. The fraction of sp³-hybridized carbons (Fsp3) is 0.0588. The summed E-state index contributed by atoms with van der Waals surface area (Å²) < 4.78 is 4.75. The van der Waals surface area contributed by atoms with E-state index >= 15 is 0 Å². The summed E-state index contributed by atoms with van der Waals surface area (Å²) in [4.78, 5) is 5.16. The summed E-state index contributed by atoms with van der Waals surface area (Å²) in [5, 5.41) is 0. The van der Waals surface area contributed by atoms with Gasteiger partial charge in [-0.25, -0.2) is 0 Å². The third kappa shape index (κ3) is 2.04. The normalized spacial score (nSPS) is 18.4. The molecule has 0 saturated carbocycles. The SMILES string of the molecule is c1cc2c3c(c1)C1c4cccn4-c4ccccc4N1c1cccc(c1-3)N1c3ccccc3-n3cccc3C21. The number of para-hydroxylation sites is 4. The van der Waals surface area contributed by atoms with Crippen molar-refractivity contribution in [2.75, 3.05) is 9.80 Å². The third-order valence-electron chi connectivity index (χ3n) is 8.95. The van der Waals surface area contributed by atoms with Crippen molar-refractivity contribution in [1.82, 2.24) is 9.13 Å². The molecule has 0 fully saturated rings. The summed E-state index contributed by atoms with van der Waals surface area (Å²) in [7, 11) is 0. The molecular formula is C34H22N4. The first kappa shape index (κ1) is 19.2. The molecule has 0 spiro atoms. The van der Waals surface area contributed by atoms with E-state index in [4.69, 9.17) is 0 Å². The first-order chi connectivity index (χ1) is 18.9. The Labute approximate surface area is 220 Å². The van der Waals surface area contributed by atoms with Gasteiger partial charge in [-0.15, -0.1) is 0 Å². The van der Waals surface area contributed by atoms with Crippen LogP contribution in [0.2, 0.25) is 0 Å². The molecule has 4 heteroatoms. The highest BCUT2D eigenvalue weighted by Gasteiger charge is 2.46. The van der Waals surface area contributed by atoms with Gasteiger partial charge in [-0.2, -0.15) is 0 Å². The maximum atomic E-state index is 2.58.